The number of carboxylic acid groups (broad SMARTS) is 1. The fourth-order valence-electron chi connectivity index (χ4n) is 2.40. The number of nitrogens with zero attached hydrogens (tertiary/aromatic N) is 1. The van der Waals surface area contributed by atoms with E-state index in [0.717, 1.165) is 5.56 Å². The van der Waals surface area contributed by atoms with Crippen LogP contribution in [0.1, 0.15) is 40.1 Å². The molecule has 142 valence electrons. The van der Waals surface area contributed by atoms with Crippen LogP contribution in [0.2, 0.25) is 0 Å². The smallest absolute Gasteiger partial charge is 0.335 e. The van der Waals surface area contributed by atoms with E-state index in [0.29, 0.717) is 17.9 Å². The van der Waals surface area contributed by atoms with Gasteiger partial charge in [0.25, 0.3) is 11.6 Å². The van der Waals surface area contributed by atoms with E-state index >= 15 is 0 Å². The lowest BCUT2D eigenvalue weighted by Crippen LogP contribution is -2.26. The highest BCUT2D eigenvalue weighted by Gasteiger charge is 2.17. The summed E-state index contributed by atoms with van der Waals surface area (Å²) in [5.74, 6) is -1.36. The summed E-state index contributed by atoms with van der Waals surface area (Å²) in [6.07, 6.45) is 0.521. The molecule has 0 fully saturated rings. The summed E-state index contributed by atoms with van der Waals surface area (Å²) in [7, 11) is 0. The molecule has 0 unspecified atom stereocenters. The minimum Gasteiger partial charge on any atom is -0.478 e. The summed E-state index contributed by atoms with van der Waals surface area (Å²) < 4.78 is 0. The first kappa shape index (κ1) is 20.4. The van der Waals surface area contributed by atoms with E-state index in [-0.39, 0.29) is 28.0 Å². The Morgan fingerprint density at radius 1 is 1.19 bits per heavy atom. The van der Waals surface area contributed by atoms with E-state index in [1.165, 1.54) is 36.0 Å². The molecule has 0 aliphatic heterocycles. The van der Waals surface area contributed by atoms with Crippen molar-refractivity contribution in [3.05, 3.63) is 69.3 Å². The van der Waals surface area contributed by atoms with Crippen LogP contribution in [0.15, 0.2) is 47.4 Å². The SMILES string of the molecule is CC(C)Sc1ccc([N+](=O)[O-])cc1C(=O)NCCc1ccc(C(=O)O)cc1. The Morgan fingerprint density at radius 2 is 1.85 bits per heavy atom. The summed E-state index contributed by atoms with van der Waals surface area (Å²) in [5.41, 5.74) is 1.24. The number of nitro groups is 1. The van der Waals surface area contributed by atoms with Crippen molar-refractivity contribution in [3.8, 4) is 0 Å². The molecular formula is C19H20N2O5S. The third-order valence-corrected chi connectivity index (χ3v) is 4.76. The van der Waals surface area contributed by atoms with E-state index in [9.17, 15) is 19.7 Å². The van der Waals surface area contributed by atoms with Crippen molar-refractivity contribution in [2.45, 2.75) is 30.4 Å². The summed E-state index contributed by atoms with van der Waals surface area (Å²) >= 11 is 1.47. The largest absolute Gasteiger partial charge is 0.478 e. The van der Waals surface area contributed by atoms with Crippen LogP contribution in [0.4, 0.5) is 5.69 Å². The molecule has 2 N–H and O–H groups in total. The van der Waals surface area contributed by atoms with Gasteiger partial charge in [0.05, 0.1) is 16.1 Å². The molecule has 0 atom stereocenters. The minimum atomic E-state index is -0.990. The quantitative estimate of drug-likeness (QED) is 0.405. The predicted octanol–water partition coefficient (Wildman–Crippen LogP) is 3.77. The van der Waals surface area contributed by atoms with E-state index in [1.54, 1.807) is 18.2 Å². The Bertz CT molecular complexity index is 850. The lowest BCUT2D eigenvalue weighted by molar-refractivity contribution is -0.384. The van der Waals surface area contributed by atoms with Crippen molar-refractivity contribution in [2.75, 3.05) is 6.54 Å². The predicted molar refractivity (Wildman–Crippen MR) is 104 cm³/mol. The van der Waals surface area contributed by atoms with Crippen molar-refractivity contribution in [1.82, 2.24) is 5.32 Å². The van der Waals surface area contributed by atoms with E-state index in [4.69, 9.17) is 5.11 Å². The number of carbonyl (C=O) groups is 2. The number of aromatic carboxylic acids is 1. The van der Waals surface area contributed by atoms with Gasteiger partial charge in [-0.25, -0.2) is 4.79 Å². The molecular weight excluding hydrogens is 368 g/mol. The standard InChI is InChI=1S/C19H20N2O5S/c1-12(2)27-17-8-7-15(21(25)26)11-16(17)18(22)20-10-9-13-3-5-14(6-4-13)19(23)24/h3-8,11-12H,9-10H2,1-2H3,(H,20,22)(H,23,24). The van der Waals surface area contributed by atoms with Crippen LogP contribution in [-0.2, 0) is 6.42 Å². The molecule has 27 heavy (non-hydrogen) atoms. The number of carbonyl (C=O) groups excluding carboxylic acids is 1. The number of hydrogen-bond donors (Lipinski definition) is 2. The van der Waals surface area contributed by atoms with Gasteiger partial charge < -0.3 is 10.4 Å². The van der Waals surface area contributed by atoms with Crippen LogP contribution in [-0.4, -0.2) is 33.7 Å². The van der Waals surface area contributed by atoms with Crippen LogP contribution < -0.4 is 5.32 Å². The number of amides is 1. The van der Waals surface area contributed by atoms with Crippen LogP contribution in [0.5, 0.6) is 0 Å². The summed E-state index contributed by atoms with van der Waals surface area (Å²) in [4.78, 5) is 34.6. The molecule has 7 nitrogen and oxygen atoms in total. The van der Waals surface area contributed by atoms with Gasteiger partial charge in [-0.1, -0.05) is 26.0 Å². The molecule has 0 spiro atoms. The molecule has 0 saturated carbocycles. The molecule has 2 aromatic rings. The highest BCUT2D eigenvalue weighted by Crippen LogP contribution is 2.29. The van der Waals surface area contributed by atoms with Gasteiger partial charge >= 0.3 is 5.97 Å². The van der Waals surface area contributed by atoms with Crippen molar-refractivity contribution in [1.29, 1.82) is 0 Å². The van der Waals surface area contributed by atoms with Crippen molar-refractivity contribution in [3.63, 3.8) is 0 Å². The van der Waals surface area contributed by atoms with E-state index < -0.39 is 10.9 Å². The zero-order chi connectivity index (χ0) is 20.0. The number of carboxylic acids is 1. The van der Waals surface area contributed by atoms with Crippen LogP contribution >= 0.6 is 11.8 Å². The highest BCUT2D eigenvalue weighted by molar-refractivity contribution is 8.00. The lowest BCUT2D eigenvalue weighted by atomic mass is 10.1. The number of benzene rings is 2. The second-order valence-corrected chi connectivity index (χ2v) is 7.73. The van der Waals surface area contributed by atoms with Gasteiger partial charge in [-0.05, 0) is 30.2 Å². The van der Waals surface area contributed by atoms with Crippen LogP contribution in [0.25, 0.3) is 0 Å². The van der Waals surface area contributed by atoms with Crippen LogP contribution in [0.3, 0.4) is 0 Å². The molecule has 0 aliphatic carbocycles. The maximum atomic E-state index is 12.5. The third kappa shape index (κ3) is 5.82. The third-order valence-electron chi connectivity index (χ3n) is 3.68. The maximum Gasteiger partial charge on any atom is 0.335 e. The molecule has 1 amide bonds. The zero-order valence-electron chi connectivity index (χ0n) is 15.0. The zero-order valence-corrected chi connectivity index (χ0v) is 15.8. The lowest BCUT2D eigenvalue weighted by Gasteiger charge is -2.12. The molecule has 2 aromatic carbocycles. The second kappa shape index (κ2) is 9.18. The second-order valence-electron chi connectivity index (χ2n) is 6.11. The topological polar surface area (TPSA) is 110 Å². The first-order valence-electron chi connectivity index (χ1n) is 8.33. The average molecular weight is 388 g/mol. The number of thioether (sulfide) groups is 1. The molecule has 0 heterocycles. The van der Waals surface area contributed by atoms with Gasteiger partial charge in [-0.15, -0.1) is 11.8 Å². The molecule has 2 rings (SSSR count). The normalized spacial score (nSPS) is 10.6. The Kier molecular flexibility index (Phi) is 6.95. The van der Waals surface area contributed by atoms with Crippen LogP contribution in [0, 0.1) is 10.1 Å². The van der Waals surface area contributed by atoms with Gasteiger partial charge in [-0.3, -0.25) is 14.9 Å². The maximum absolute atomic E-state index is 12.5. The molecule has 0 aromatic heterocycles. The molecule has 8 heteroatoms. The average Bonchev–Trinajstić information content (AvgIpc) is 2.61. The van der Waals surface area contributed by atoms with Gasteiger partial charge in [0.2, 0.25) is 0 Å². The Labute approximate surface area is 160 Å². The van der Waals surface area contributed by atoms with Crippen molar-refractivity contribution >= 4 is 29.3 Å². The monoisotopic (exact) mass is 388 g/mol. The first-order chi connectivity index (χ1) is 12.8. The minimum absolute atomic E-state index is 0.127. The van der Waals surface area contributed by atoms with Gasteiger partial charge in [-0.2, -0.15) is 0 Å². The molecule has 0 saturated heterocycles. The Morgan fingerprint density at radius 3 is 2.41 bits per heavy atom. The fourth-order valence-corrected chi connectivity index (χ4v) is 3.33. The number of nitro benzene ring substituents is 1. The summed E-state index contributed by atoms with van der Waals surface area (Å²) in [6, 6.07) is 10.7. The number of non-ortho nitro benzene ring substituents is 1. The van der Waals surface area contributed by atoms with E-state index in [2.05, 4.69) is 5.32 Å². The molecule has 0 aliphatic rings. The number of nitrogens with one attached hydrogen (secondary N) is 1. The van der Waals surface area contributed by atoms with Gasteiger partial charge in [0, 0.05) is 28.8 Å². The molecule has 0 radical (unpaired) electrons. The van der Waals surface area contributed by atoms with Gasteiger partial charge in [0.1, 0.15) is 0 Å². The summed E-state index contributed by atoms with van der Waals surface area (Å²) in [6.45, 7) is 4.29. The van der Waals surface area contributed by atoms with Gasteiger partial charge in [0.15, 0.2) is 0 Å². The molecule has 0 bridgehead atoms. The number of hydrogen-bond acceptors (Lipinski definition) is 5. The van der Waals surface area contributed by atoms with Crippen molar-refractivity contribution < 1.29 is 19.6 Å². The number of rotatable bonds is 8. The fraction of sp³-hybridized carbons (Fsp3) is 0.263. The highest BCUT2D eigenvalue weighted by atomic mass is 32.2. The summed E-state index contributed by atoms with van der Waals surface area (Å²) in [5, 5.41) is 22.9. The first-order valence-corrected chi connectivity index (χ1v) is 9.21. The van der Waals surface area contributed by atoms with Crippen molar-refractivity contribution in [2.24, 2.45) is 0 Å². The Balaban J connectivity index is 2.06. The van der Waals surface area contributed by atoms with E-state index in [1.807, 2.05) is 13.8 Å². The Hall–Kier alpha value is -2.87.